The second kappa shape index (κ2) is 11.5. The summed E-state index contributed by atoms with van der Waals surface area (Å²) in [6.45, 7) is 10.8. The first-order valence-corrected chi connectivity index (χ1v) is 13.3. The van der Waals surface area contributed by atoms with E-state index in [4.69, 9.17) is 14.2 Å². The molecule has 2 aliphatic rings. The van der Waals surface area contributed by atoms with Crippen LogP contribution in [0.4, 0.5) is 0 Å². The van der Waals surface area contributed by atoms with E-state index in [0.717, 1.165) is 12.8 Å². The van der Waals surface area contributed by atoms with Gasteiger partial charge < -0.3 is 19.1 Å². The number of piperazine rings is 1. The summed E-state index contributed by atoms with van der Waals surface area (Å²) in [4.78, 5) is 14.8. The number of nitrogens with zero attached hydrogens (tertiary/aromatic N) is 3. The lowest BCUT2D eigenvalue weighted by Gasteiger charge is -2.40. The van der Waals surface area contributed by atoms with E-state index in [1.165, 1.54) is 8.61 Å². The fourth-order valence-corrected chi connectivity index (χ4v) is 5.83. The van der Waals surface area contributed by atoms with Crippen LogP contribution in [0.25, 0.3) is 0 Å². The van der Waals surface area contributed by atoms with Crippen LogP contribution in [-0.4, -0.2) is 92.5 Å². The maximum Gasteiger partial charge on any atom is 0.282 e. The maximum atomic E-state index is 13.1. The van der Waals surface area contributed by atoms with E-state index in [-0.39, 0.29) is 31.2 Å². The van der Waals surface area contributed by atoms with Crippen molar-refractivity contribution in [2.45, 2.75) is 52.7 Å². The summed E-state index contributed by atoms with van der Waals surface area (Å²) in [5.41, 5.74) is 0.511. The van der Waals surface area contributed by atoms with Gasteiger partial charge in [-0.1, -0.05) is 13.8 Å². The number of rotatable bonds is 9. The Balaban J connectivity index is 1.65. The molecular weight excluding hydrogens is 446 g/mol. The first-order valence-electron chi connectivity index (χ1n) is 11.9. The summed E-state index contributed by atoms with van der Waals surface area (Å²) in [6.07, 6.45) is 1.45. The second-order valence-corrected chi connectivity index (χ2v) is 10.6. The summed E-state index contributed by atoms with van der Waals surface area (Å²) < 4.78 is 46.4. The fourth-order valence-electron chi connectivity index (χ4n) is 4.08. The van der Waals surface area contributed by atoms with Gasteiger partial charge in [0.2, 0.25) is 0 Å². The molecular formula is C23H37N3O6S. The van der Waals surface area contributed by atoms with Gasteiger partial charge in [-0.15, -0.1) is 0 Å². The minimum Gasteiger partial charge on any atom is -0.490 e. The van der Waals surface area contributed by atoms with Gasteiger partial charge in [-0.25, -0.2) is 0 Å². The molecule has 0 spiro atoms. The zero-order valence-corrected chi connectivity index (χ0v) is 21.0. The van der Waals surface area contributed by atoms with Crippen molar-refractivity contribution < 1.29 is 27.4 Å². The minimum absolute atomic E-state index is 0.135. The van der Waals surface area contributed by atoms with Gasteiger partial charge in [0, 0.05) is 44.8 Å². The van der Waals surface area contributed by atoms with Crippen LogP contribution in [0, 0.1) is 0 Å². The molecule has 33 heavy (non-hydrogen) atoms. The van der Waals surface area contributed by atoms with Crippen molar-refractivity contribution in [2.75, 3.05) is 52.5 Å². The monoisotopic (exact) mass is 483 g/mol. The van der Waals surface area contributed by atoms with E-state index in [1.54, 1.807) is 23.1 Å². The molecule has 0 aromatic heterocycles. The number of ether oxygens (including phenoxy) is 3. The molecule has 3 rings (SSSR count). The Hall–Kier alpha value is -1.88. The third-order valence-electron chi connectivity index (χ3n) is 5.68. The van der Waals surface area contributed by atoms with Gasteiger partial charge in [-0.05, 0) is 44.9 Å². The van der Waals surface area contributed by atoms with Gasteiger partial charge in [0.05, 0.1) is 25.4 Å². The number of hydrogen-bond acceptors (Lipinski definition) is 6. The lowest BCUT2D eigenvalue weighted by molar-refractivity contribution is -0.0457. The number of hydrogen-bond donors (Lipinski definition) is 0. The van der Waals surface area contributed by atoms with Gasteiger partial charge in [0.25, 0.3) is 16.1 Å². The number of morpholine rings is 1. The SMILES string of the molecule is CCCOc1ccc(C(=O)N2CCN(S(=O)(=O)N3CC(C)OC(C)C3)CC2)cc1OCCC. The summed E-state index contributed by atoms with van der Waals surface area (Å²) in [5.74, 6) is 1.06. The summed E-state index contributed by atoms with van der Waals surface area (Å²) >= 11 is 0. The number of amides is 1. The molecule has 2 saturated heterocycles. The van der Waals surface area contributed by atoms with Crippen molar-refractivity contribution in [2.24, 2.45) is 0 Å². The highest BCUT2D eigenvalue weighted by Crippen LogP contribution is 2.30. The smallest absolute Gasteiger partial charge is 0.282 e. The largest absolute Gasteiger partial charge is 0.490 e. The number of carbonyl (C=O) groups is 1. The quantitative estimate of drug-likeness (QED) is 0.536. The Labute approximate surface area is 197 Å². The molecule has 9 nitrogen and oxygen atoms in total. The summed E-state index contributed by atoms with van der Waals surface area (Å²) in [5, 5.41) is 0. The van der Waals surface area contributed by atoms with Crippen LogP contribution in [0.3, 0.4) is 0 Å². The van der Waals surface area contributed by atoms with Crippen LogP contribution in [0.15, 0.2) is 18.2 Å². The number of carbonyl (C=O) groups excluding carboxylic acids is 1. The lowest BCUT2D eigenvalue weighted by Crippen LogP contribution is -2.57. The summed E-state index contributed by atoms with van der Waals surface area (Å²) in [7, 11) is -3.58. The molecule has 1 amide bonds. The van der Waals surface area contributed by atoms with Crippen LogP contribution in [0.5, 0.6) is 11.5 Å². The molecule has 2 atom stereocenters. The first-order chi connectivity index (χ1) is 15.8. The Kier molecular flexibility index (Phi) is 8.97. The van der Waals surface area contributed by atoms with E-state index >= 15 is 0 Å². The Morgan fingerprint density at radius 1 is 0.939 bits per heavy atom. The van der Waals surface area contributed by atoms with Crippen molar-refractivity contribution in [3.63, 3.8) is 0 Å². The van der Waals surface area contributed by atoms with Gasteiger partial charge in [0.1, 0.15) is 0 Å². The molecule has 0 aliphatic carbocycles. The van der Waals surface area contributed by atoms with E-state index in [1.807, 2.05) is 27.7 Å². The zero-order chi connectivity index (χ0) is 24.0. The minimum atomic E-state index is -3.58. The van der Waals surface area contributed by atoms with Crippen LogP contribution in [0.2, 0.25) is 0 Å². The van der Waals surface area contributed by atoms with Crippen LogP contribution in [-0.2, 0) is 14.9 Å². The van der Waals surface area contributed by atoms with Crippen molar-refractivity contribution in [1.82, 2.24) is 13.5 Å². The molecule has 2 heterocycles. The predicted molar refractivity (Wildman–Crippen MR) is 126 cm³/mol. The third-order valence-corrected chi connectivity index (χ3v) is 7.65. The second-order valence-electron chi connectivity index (χ2n) is 8.63. The van der Waals surface area contributed by atoms with E-state index < -0.39 is 10.2 Å². The Morgan fingerprint density at radius 3 is 2.09 bits per heavy atom. The van der Waals surface area contributed by atoms with Gasteiger partial charge >= 0.3 is 0 Å². The Bertz CT molecular complexity index is 891. The molecule has 2 aliphatic heterocycles. The zero-order valence-electron chi connectivity index (χ0n) is 20.2. The number of benzene rings is 1. The normalized spacial score (nSPS) is 22.8. The molecule has 186 valence electrons. The Morgan fingerprint density at radius 2 is 1.52 bits per heavy atom. The molecule has 1 aromatic rings. The van der Waals surface area contributed by atoms with E-state index in [2.05, 4.69) is 0 Å². The van der Waals surface area contributed by atoms with Crippen molar-refractivity contribution >= 4 is 16.1 Å². The van der Waals surface area contributed by atoms with Gasteiger partial charge in [-0.3, -0.25) is 4.79 Å². The fraction of sp³-hybridized carbons (Fsp3) is 0.696. The molecule has 0 radical (unpaired) electrons. The van der Waals surface area contributed by atoms with Crippen molar-refractivity contribution in [3.05, 3.63) is 23.8 Å². The highest BCUT2D eigenvalue weighted by atomic mass is 32.2. The van der Waals surface area contributed by atoms with Gasteiger partial charge in [0.15, 0.2) is 11.5 Å². The van der Waals surface area contributed by atoms with E-state index in [9.17, 15) is 13.2 Å². The third kappa shape index (κ3) is 6.38. The lowest BCUT2D eigenvalue weighted by atomic mass is 10.1. The molecule has 1 aromatic carbocycles. The van der Waals surface area contributed by atoms with Crippen molar-refractivity contribution in [1.29, 1.82) is 0 Å². The van der Waals surface area contributed by atoms with Crippen LogP contribution >= 0.6 is 0 Å². The summed E-state index contributed by atoms with van der Waals surface area (Å²) in [6, 6.07) is 5.24. The average Bonchev–Trinajstić information content (AvgIpc) is 2.80. The first kappa shape index (κ1) is 25.7. The molecule has 2 unspecified atom stereocenters. The molecule has 0 bridgehead atoms. The average molecular weight is 484 g/mol. The molecule has 10 heteroatoms. The van der Waals surface area contributed by atoms with Crippen molar-refractivity contribution in [3.8, 4) is 11.5 Å². The van der Waals surface area contributed by atoms with Crippen LogP contribution in [0.1, 0.15) is 50.9 Å². The molecule has 0 N–H and O–H groups in total. The van der Waals surface area contributed by atoms with E-state index in [0.29, 0.717) is 56.5 Å². The standard InChI is InChI=1S/C23H37N3O6S/c1-5-13-30-21-8-7-20(15-22(21)31-14-6-2)23(27)24-9-11-25(12-10-24)33(28,29)26-16-18(3)32-19(4)17-26/h7-8,15,18-19H,5-6,9-14,16-17H2,1-4H3. The topological polar surface area (TPSA) is 88.6 Å². The highest BCUT2D eigenvalue weighted by Gasteiger charge is 2.37. The van der Waals surface area contributed by atoms with Crippen LogP contribution < -0.4 is 9.47 Å². The predicted octanol–water partition coefficient (Wildman–Crippen LogP) is 2.38. The molecule has 0 saturated carbocycles. The maximum absolute atomic E-state index is 13.1. The van der Waals surface area contributed by atoms with Gasteiger partial charge in [-0.2, -0.15) is 17.0 Å². The molecule has 2 fully saturated rings. The highest BCUT2D eigenvalue weighted by molar-refractivity contribution is 7.86.